The Balaban J connectivity index is 0. The first-order chi connectivity index (χ1) is 4.00. The fourth-order valence-corrected chi connectivity index (χ4v) is 0. The molecule has 0 aromatic heterocycles. The molecule has 0 fully saturated rings. The van der Waals surface area contributed by atoms with Crippen molar-refractivity contribution in [3.8, 4) is 0 Å². The standard InChI is InChI=1S/C4H6O.CH4N2O/c1-3-4(2)5;2-1(3)4/h3H,1H2,2H3;(H4,2,3,4). The van der Waals surface area contributed by atoms with Gasteiger partial charge in [0.05, 0.1) is 0 Å². The fraction of sp³-hybridized carbons (Fsp3) is 0.200. The number of rotatable bonds is 1. The van der Waals surface area contributed by atoms with E-state index in [1.54, 1.807) is 0 Å². The molecule has 9 heavy (non-hydrogen) atoms. The fourth-order valence-electron chi connectivity index (χ4n) is 0. The second-order valence-corrected chi connectivity index (χ2v) is 1.22. The molecule has 0 unspecified atom stereocenters. The summed E-state index contributed by atoms with van der Waals surface area (Å²) in [5, 5.41) is 0. The van der Waals surface area contributed by atoms with E-state index in [4.69, 9.17) is 4.79 Å². The number of hydrogen-bond acceptors (Lipinski definition) is 2. The lowest BCUT2D eigenvalue weighted by Crippen LogP contribution is -2.18. The van der Waals surface area contributed by atoms with Crippen molar-refractivity contribution in [3.05, 3.63) is 12.7 Å². The second-order valence-electron chi connectivity index (χ2n) is 1.22. The molecule has 0 atom stereocenters. The number of allylic oxidation sites excluding steroid dienone is 1. The normalized spacial score (nSPS) is 6.33. The van der Waals surface area contributed by atoms with Crippen LogP contribution in [0.15, 0.2) is 12.7 Å². The van der Waals surface area contributed by atoms with Crippen molar-refractivity contribution in [2.24, 2.45) is 11.5 Å². The first kappa shape index (κ1) is 10.6. The minimum Gasteiger partial charge on any atom is -0.352 e. The molecule has 52 valence electrons. The predicted molar refractivity (Wildman–Crippen MR) is 34.6 cm³/mol. The summed E-state index contributed by atoms with van der Waals surface area (Å²) in [5.74, 6) is 0.0185. The van der Waals surface area contributed by atoms with Gasteiger partial charge in [-0.1, -0.05) is 6.58 Å². The molecular weight excluding hydrogens is 120 g/mol. The van der Waals surface area contributed by atoms with Crippen LogP contribution in [-0.2, 0) is 4.79 Å². The second kappa shape index (κ2) is 6.68. The zero-order valence-electron chi connectivity index (χ0n) is 5.26. The van der Waals surface area contributed by atoms with Crippen LogP contribution >= 0.6 is 0 Å². The monoisotopic (exact) mass is 130 g/mol. The molecule has 0 aliphatic carbocycles. The highest BCUT2D eigenvalue weighted by Crippen LogP contribution is 1.60. The minimum atomic E-state index is -0.833. The Kier molecular flexibility index (Phi) is 7.88. The van der Waals surface area contributed by atoms with Crippen molar-refractivity contribution in [3.63, 3.8) is 0 Å². The lowest BCUT2D eigenvalue weighted by atomic mass is 10.5. The molecule has 2 amide bonds. The average molecular weight is 130 g/mol. The van der Waals surface area contributed by atoms with Gasteiger partial charge in [0.25, 0.3) is 0 Å². The van der Waals surface area contributed by atoms with Crippen molar-refractivity contribution < 1.29 is 9.59 Å². The van der Waals surface area contributed by atoms with Crippen molar-refractivity contribution in [1.29, 1.82) is 0 Å². The van der Waals surface area contributed by atoms with Gasteiger partial charge in [0, 0.05) is 0 Å². The number of carbonyl (C=O) groups excluding carboxylic acids is 2. The van der Waals surface area contributed by atoms with Crippen LogP contribution in [0.1, 0.15) is 6.92 Å². The molecule has 0 heterocycles. The summed E-state index contributed by atoms with van der Waals surface area (Å²) in [6, 6.07) is -0.833. The Bertz CT molecular complexity index is 116. The van der Waals surface area contributed by atoms with E-state index in [1.807, 2.05) is 0 Å². The quantitative estimate of drug-likeness (QED) is 0.481. The third-order valence-corrected chi connectivity index (χ3v) is 0.287. The smallest absolute Gasteiger partial charge is 0.309 e. The van der Waals surface area contributed by atoms with E-state index in [0.717, 1.165) is 0 Å². The number of nitrogens with two attached hydrogens (primary N) is 2. The van der Waals surface area contributed by atoms with E-state index in [2.05, 4.69) is 18.0 Å². The van der Waals surface area contributed by atoms with E-state index in [9.17, 15) is 4.79 Å². The maximum Gasteiger partial charge on any atom is 0.309 e. The molecule has 4 heteroatoms. The number of amides is 2. The molecule has 0 aromatic carbocycles. The van der Waals surface area contributed by atoms with E-state index in [-0.39, 0.29) is 5.78 Å². The largest absolute Gasteiger partial charge is 0.352 e. The molecule has 4 nitrogen and oxygen atoms in total. The maximum absolute atomic E-state index is 9.69. The van der Waals surface area contributed by atoms with Gasteiger partial charge in [-0.05, 0) is 13.0 Å². The summed E-state index contributed by atoms with van der Waals surface area (Å²) < 4.78 is 0. The Morgan fingerprint density at radius 2 is 1.56 bits per heavy atom. The highest BCUT2D eigenvalue weighted by atomic mass is 16.2. The lowest BCUT2D eigenvalue weighted by molar-refractivity contribution is -0.112. The SMILES string of the molecule is C=CC(C)=O.NC(N)=O. The maximum atomic E-state index is 9.69. The molecule has 0 spiro atoms. The summed E-state index contributed by atoms with van der Waals surface area (Å²) in [6.07, 6.45) is 1.28. The van der Waals surface area contributed by atoms with Crippen LogP contribution in [-0.4, -0.2) is 11.8 Å². The summed E-state index contributed by atoms with van der Waals surface area (Å²) in [7, 11) is 0. The van der Waals surface area contributed by atoms with Crippen molar-refractivity contribution in [2.45, 2.75) is 6.92 Å². The Labute approximate surface area is 53.5 Å². The molecule has 0 aliphatic heterocycles. The highest BCUT2D eigenvalue weighted by Gasteiger charge is 1.69. The Morgan fingerprint density at radius 3 is 1.56 bits per heavy atom. The molecule has 0 saturated carbocycles. The van der Waals surface area contributed by atoms with E-state index >= 15 is 0 Å². The van der Waals surface area contributed by atoms with Gasteiger partial charge in [-0.15, -0.1) is 0 Å². The zero-order valence-corrected chi connectivity index (χ0v) is 5.26. The van der Waals surface area contributed by atoms with Gasteiger partial charge in [-0.3, -0.25) is 4.79 Å². The van der Waals surface area contributed by atoms with Gasteiger partial charge in [0.15, 0.2) is 5.78 Å². The molecule has 0 rings (SSSR count). The number of carbonyl (C=O) groups is 2. The van der Waals surface area contributed by atoms with E-state index in [0.29, 0.717) is 0 Å². The van der Waals surface area contributed by atoms with Crippen LogP contribution in [0.3, 0.4) is 0 Å². The zero-order chi connectivity index (χ0) is 7.86. The molecule has 0 aromatic rings. The van der Waals surface area contributed by atoms with Gasteiger partial charge in [0.2, 0.25) is 0 Å². The van der Waals surface area contributed by atoms with Crippen LogP contribution in [0.2, 0.25) is 0 Å². The summed E-state index contributed by atoms with van der Waals surface area (Å²) in [5.41, 5.74) is 8.50. The molecule has 4 N–H and O–H groups in total. The molecule has 0 bridgehead atoms. The summed E-state index contributed by atoms with van der Waals surface area (Å²) in [4.78, 5) is 18.7. The third-order valence-electron chi connectivity index (χ3n) is 0.287. The van der Waals surface area contributed by atoms with Gasteiger partial charge < -0.3 is 11.5 Å². The molecule has 0 aliphatic rings. The number of hydrogen-bond donors (Lipinski definition) is 2. The van der Waals surface area contributed by atoms with Crippen molar-refractivity contribution in [1.82, 2.24) is 0 Å². The van der Waals surface area contributed by atoms with Crippen LogP contribution in [0, 0.1) is 0 Å². The topological polar surface area (TPSA) is 86.2 Å². The molecule has 0 saturated heterocycles. The van der Waals surface area contributed by atoms with Gasteiger partial charge in [-0.25, -0.2) is 4.79 Å². The molecular formula is C5H10N2O2. The van der Waals surface area contributed by atoms with E-state index < -0.39 is 6.03 Å². The first-order valence-electron chi connectivity index (χ1n) is 2.18. The Hall–Kier alpha value is -1.32. The summed E-state index contributed by atoms with van der Waals surface area (Å²) in [6.45, 7) is 4.68. The molecule has 0 radical (unpaired) electrons. The van der Waals surface area contributed by atoms with Crippen LogP contribution in [0.5, 0.6) is 0 Å². The van der Waals surface area contributed by atoms with Gasteiger partial charge in [0.1, 0.15) is 0 Å². The van der Waals surface area contributed by atoms with Gasteiger partial charge >= 0.3 is 6.03 Å². The number of primary amides is 2. The minimum absolute atomic E-state index is 0.0185. The highest BCUT2D eigenvalue weighted by molar-refractivity contribution is 5.86. The van der Waals surface area contributed by atoms with Gasteiger partial charge in [-0.2, -0.15) is 0 Å². The van der Waals surface area contributed by atoms with Crippen LogP contribution in [0.25, 0.3) is 0 Å². The van der Waals surface area contributed by atoms with Crippen molar-refractivity contribution in [2.75, 3.05) is 0 Å². The summed E-state index contributed by atoms with van der Waals surface area (Å²) >= 11 is 0. The number of urea groups is 1. The van der Waals surface area contributed by atoms with Crippen molar-refractivity contribution >= 4 is 11.8 Å². The number of ketones is 1. The third kappa shape index (κ3) is 316. The van der Waals surface area contributed by atoms with E-state index in [1.165, 1.54) is 13.0 Å². The average Bonchev–Trinajstić information content (AvgIpc) is 1.65. The Morgan fingerprint density at radius 1 is 1.44 bits per heavy atom. The van der Waals surface area contributed by atoms with Crippen LogP contribution < -0.4 is 11.5 Å². The lowest BCUT2D eigenvalue weighted by Gasteiger charge is -1.62. The first-order valence-corrected chi connectivity index (χ1v) is 2.18. The van der Waals surface area contributed by atoms with Crippen LogP contribution in [0.4, 0.5) is 4.79 Å². The predicted octanol–water partition coefficient (Wildman–Crippen LogP) is -0.215.